The Morgan fingerprint density at radius 1 is 1.19 bits per heavy atom. The number of halogens is 2. The molecule has 0 fully saturated rings. The van der Waals surface area contributed by atoms with Crippen molar-refractivity contribution in [3.63, 3.8) is 0 Å². The second-order valence-electron chi connectivity index (χ2n) is 4.22. The zero-order valence-electron chi connectivity index (χ0n) is 11.1. The molecule has 0 N–H and O–H groups in total. The summed E-state index contributed by atoms with van der Waals surface area (Å²) in [5, 5.41) is 0. The van der Waals surface area contributed by atoms with Crippen molar-refractivity contribution < 1.29 is 22.5 Å². The summed E-state index contributed by atoms with van der Waals surface area (Å²) in [6.07, 6.45) is 0. The maximum absolute atomic E-state index is 13.5. The number of hydrogen-bond donors (Lipinski definition) is 0. The molecule has 2 aromatic rings. The summed E-state index contributed by atoms with van der Waals surface area (Å²) in [7, 11) is -0.488. The molecule has 0 aliphatic heterocycles. The first-order valence-electron chi connectivity index (χ1n) is 6.02. The van der Waals surface area contributed by atoms with Gasteiger partial charge in [0.15, 0.2) is 5.78 Å². The number of carbonyl (C=O) groups is 1. The summed E-state index contributed by atoms with van der Waals surface area (Å²) in [5.41, 5.74) is 0.305. The van der Waals surface area contributed by atoms with Crippen molar-refractivity contribution in [3.8, 4) is 5.75 Å². The van der Waals surface area contributed by atoms with Crippen LogP contribution in [0.15, 0.2) is 47.4 Å². The van der Waals surface area contributed by atoms with Gasteiger partial charge in [-0.25, -0.2) is 8.78 Å². The first kappa shape index (κ1) is 15.3. The highest BCUT2D eigenvalue weighted by Crippen LogP contribution is 2.17. The van der Waals surface area contributed by atoms with Gasteiger partial charge in [-0.15, -0.1) is 0 Å². The number of carbonyl (C=O) groups excluding carboxylic acids is 1. The summed E-state index contributed by atoms with van der Waals surface area (Å²) in [6.45, 7) is 0. The van der Waals surface area contributed by atoms with Crippen LogP contribution in [0.4, 0.5) is 8.78 Å². The van der Waals surface area contributed by atoms with E-state index < -0.39 is 34.0 Å². The first-order valence-corrected chi connectivity index (χ1v) is 7.34. The van der Waals surface area contributed by atoms with Gasteiger partial charge in [0, 0.05) is 5.56 Å². The predicted octanol–water partition coefficient (Wildman–Crippen LogP) is 2.96. The van der Waals surface area contributed by atoms with Crippen molar-refractivity contribution in [1.82, 2.24) is 0 Å². The van der Waals surface area contributed by atoms with Gasteiger partial charge in [0.05, 0.1) is 28.6 Å². The standard InChI is InChI=1S/C15H12F2O3S/c1-20-12-4-2-3-10(7-12)14(18)9-21(19)15-8-11(16)5-6-13(15)17/h2-8H,9H2,1H3. The number of methoxy groups -OCH3 is 1. The average molecular weight is 310 g/mol. The SMILES string of the molecule is COc1cccc(C(=O)CS(=O)c2cc(F)ccc2F)c1. The molecular weight excluding hydrogens is 298 g/mol. The van der Waals surface area contributed by atoms with Crippen LogP contribution in [0.25, 0.3) is 0 Å². The van der Waals surface area contributed by atoms with Gasteiger partial charge in [0.1, 0.15) is 17.4 Å². The largest absolute Gasteiger partial charge is 0.497 e. The molecule has 2 rings (SSSR count). The Kier molecular flexibility index (Phi) is 4.80. The second-order valence-corrected chi connectivity index (χ2v) is 5.64. The summed E-state index contributed by atoms with van der Waals surface area (Å²) in [6, 6.07) is 8.99. The van der Waals surface area contributed by atoms with Crippen LogP contribution in [0, 0.1) is 11.6 Å². The van der Waals surface area contributed by atoms with Crippen LogP contribution < -0.4 is 4.74 Å². The number of ether oxygens (including phenoxy) is 1. The van der Waals surface area contributed by atoms with E-state index in [9.17, 15) is 17.8 Å². The zero-order chi connectivity index (χ0) is 15.4. The minimum Gasteiger partial charge on any atom is -0.497 e. The normalized spacial score (nSPS) is 12.0. The van der Waals surface area contributed by atoms with Crippen LogP contribution in [0.5, 0.6) is 5.75 Å². The summed E-state index contributed by atoms with van der Waals surface area (Å²) in [4.78, 5) is 11.7. The van der Waals surface area contributed by atoms with Gasteiger partial charge >= 0.3 is 0 Å². The van der Waals surface area contributed by atoms with Crippen LogP contribution in [-0.2, 0) is 10.8 Å². The monoisotopic (exact) mass is 310 g/mol. The third-order valence-corrected chi connectivity index (χ3v) is 4.12. The highest BCUT2D eigenvalue weighted by Gasteiger charge is 2.16. The molecule has 110 valence electrons. The molecule has 21 heavy (non-hydrogen) atoms. The molecule has 2 aromatic carbocycles. The molecule has 0 saturated carbocycles. The second kappa shape index (κ2) is 6.58. The van der Waals surface area contributed by atoms with Crippen molar-refractivity contribution in [2.45, 2.75) is 4.90 Å². The third-order valence-electron chi connectivity index (χ3n) is 2.79. The fraction of sp³-hybridized carbons (Fsp3) is 0.133. The molecule has 0 aliphatic rings. The van der Waals surface area contributed by atoms with Crippen molar-refractivity contribution >= 4 is 16.6 Å². The fourth-order valence-electron chi connectivity index (χ4n) is 1.73. The fourth-order valence-corrected chi connectivity index (χ4v) is 2.82. The number of rotatable bonds is 5. The lowest BCUT2D eigenvalue weighted by molar-refractivity contribution is 0.102. The molecule has 1 unspecified atom stereocenters. The average Bonchev–Trinajstić information content (AvgIpc) is 2.49. The van der Waals surface area contributed by atoms with E-state index >= 15 is 0 Å². The van der Waals surface area contributed by atoms with E-state index in [1.54, 1.807) is 18.2 Å². The van der Waals surface area contributed by atoms with E-state index in [1.807, 2.05) is 0 Å². The molecule has 0 amide bonds. The van der Waals surface area contributed by atoms with E-state index in [4.69, 9.17) is 4.74 Å². The van der Waals surface area contributed by atoms with Crippen molar-refractivity contribution in [1.29, 1.82) is 0 Å². The van der Waals surface area contributed by atoms with Gasteiger partial charge < -0.3 is 4.74 Å². The van der Waals surface area contributed by atoms with Crippen LogP contribution in [0.2, 0.25) is 0 Å². The highest BCUT2D eigenvalue weighted by molar-refractivity contribution is 7.85. The van der Waals surface area contributed by atoms with Gasteiger partial charge in [-0.3, -0.25) is 9.00 Å². The first-order chi connectivity index (χ1) is 10.0. The van der Waals surface area contributed by atoms with Gasteiger partial charge in [0.25, 0.3) is 0 Å². The molecule has 0 radical (unpaired) electrons. The molecule has 0 aliphatic carbocycles. The zero-order valence-corrected chi connectivity index (χ0v) is 12.0. The third kappa shape index (κ3) is 3.72. The maximum atomic E-state index is 13.5. The number of benzene rings is 2. The van der Waals surface area contributed by atoms with Crippen LogP contribution in [0.1, 0.15) is 10.4 Å². The molecule has 0 spiro atoms. The molecule has 0 bridgehead atoms. The molecule has 1 atom stereocenters. The lowest BCUT2D eigenvalue weighted by Gasteiger charge is -2.05. The topological polar surface area (TPSA) is 43.4 Å². The smallest absolute Gasteiger partial charge is 0.175 e. The molecule has 6 heteroatoms. The maximum Gasteiger partial charge on any atom is 0.175 e. The Bertz CT molecular complexity index is 701. The van der Waals surface area contributed by atoms with E-state index in [0.29, 0.717) is 11.3 Å². The molecule has 0 saturated heterocycles. The summed E-state index contributed by atoms with van der Waals surface area (Å²) >= 11 is 0. The van der Waals surface area contributed by atoms with Gasteiger partial charge in [-0.05, 0) is 30.3 Å². The lowest BCUT2D eigenvalue weighted by Crippen LogP contribution is -2.12. The van der Waals surface area contributed by atoms with Crippen molar-refractivity contribution in [3.05, 3.63) is 59.7 Å². The van der Waals surface area contributed by atoms with E-state index in [-0.39, 0.29) is 4.90 Å². The van der Waals surface area contributed by atoms with E-state index in [0.717, 1.165) is 18.2 Å². The van der Waals surface area contributed by atoms with Crippen LogP contribution in [-0.4, -0.2) is 22.9 Å². The number of Topliss-reactive ketones (excluding diaryl/α,β-unsaturated/α-hetero) is 1. The van der Waals surface area contributed by atoms with Gasteiger partial charge in [-0.1, -0.05) is 12.1 Å². The van der Waals surface area contributed by atoms with E-state index in [2.05, 4.69) is 0 Å². The molecule has 0 heterocycles. The predicted molar refractivity (Wildman–Crippen MR) is 75.0 cm³/mol. The summed E-state index contributed by atoms with van der Waals surface area (Å²) in [5.74, 6) is -1.87. The number of hydrogen-bond acceptors (Lipinski definition) is 3. The Morgan fingerprint density at radius 3 is 2.67 bits per heavy atom. The quantitative estimate of drug-likeness (QED) is 0.798. The Hall–Kier alpha value is -2.08. The van der Waals surface area contributed by atoms with Crippen LogP contribution in [0.3, 0.4) is 0 Å². The Morgan fingerprint density at radius 2 is 1.95 bits per heavy atom. The Labute approximate surface area is 123 Å². The molecule has 0 aromatic heterocycles. The lowest BCUT2D eigenvalue weighted by atomic mass is 10.1. The summed E-state index contributed by atoms with van der Waals surface area (Å²) < 4.78 is 43.6. The van der Waals surface area contributed by atoms with E-state index in [1.165, 1.54) is 13.2 Å². The molecule has 3 nitrogen and oxygen atoms in total. The minimum absolute atomic E-state index is 0.305. The molecular formula is C15H12F2O3S. The number of ketones is 1. The van der Waals surface area contributed by atoms with Gasteiger partial charge in [0.2, 0.25) is 0 Å². The van der Waals surface area contributed by atoms with Crippen molar-refractivity contribution in [2.75, 3.05) is 12.9 Å². The Balaban J connectivity index is 2.18. The highest BCUT2D eigenvalue weighted by atomic mass is 32.2. The minimum atomic E-state index is -1.95. The van der Waals surface area contributed by atoms with Crippen molar-refractivity contribution in [2.24, 2.45) is 0 Å². The van der Waals surface area contributed by atoms with Crippen LogP contribution >= 0.6 is 0 Å². The van der Waals surface area contributed by atoms with Gasteiger partial charge in [-0.2, -0.15) is 0 Å².